The Labute approximate surface area is 114 Å². The molecule has 3 rings (SSSR count). The standard InChI is InChI=1S/C16H21N3/c1-13(14-6-3-2-4-7-14)19-12-18-11-16(19)15-8-5-9-17-10-15/h2-4,6-7,11-13,15,17H,5,8-10H2,1H3. The average Bonchev–Trinajstić information content (AvgIpc) is 2.98. The molecule has 2 aromatic rings. The minimum Gasteiger partial charge on any atom is -0.327 e. The van der Waals surface area contributed by atoms with Crippen molar-refractivity contribution in [3.63, 3.8) is 0 Å². The van der Waals surface area contributed by atoms with Crippen LogP contribution in [-0.4, -0.2) is 22.6 Å². The van der Waals surface area contributed by atoms with Gasteiger partial charge in [0.05, 0.1) is 12.4 Å². The molecule has 0 aliphatic carbocycles. The number of aromatic nitrogens is 2. The number of imidazole rings is 1. The van der Waals surface area contributed by atoms with Crippen molar-refractivity contribution in [2.75, 3.05) is 13.1 Å². The van der Waals surface area contributed by atoms with Crippen LogP contribution >= 0.6 is 0 Å². The molecule has 1 saturated heterocycles. The lowest BCUT2D eigenvalue weighted by Crippen LogP contribution is -2.30. The molecule has 1 aliphatic rings. The fourth-order valence-corrected chi connectivity index (χ4v) is 2.95. The number of nitrogens with zero attached hydrogens (tertiary/aromatic N) is 2. The molecule has 1 N–H and O–H groups in total. The SMILES string of the molecule is CC(c1ccccc1)n1cncc1C1CCCNC1. The highest BCUT2D eigenvalue weighted by Crippen LogP contribution is 2.27. The second-order valence-corrected chi connectivity index (χ2v) is 5.36. The highest BCUT2D eigenvalue weighted by molar-refractivity contribution is 5.21. The largest absolute Gasteiger partial charge is 0.327 e. The third kappa shape index (κ3) is 2.56. The second-order valence-electron chi connectivity index (χ2n) is 5.36. The van der Waals surface area contributed by atoms with Gasteiger partial charge in [-0.25, -0.2) is 4.98 Å². The number of hydrogen-bond donors (Lipinski definition) is 1. The fraction of sp³-hybridized carbons (Fsp3) is 0.438. The van der Waals surface area contributed by atoms with Gasteiger partial charge in [0.15, 0.2) is 0 Å². The molecule has 19 heavy (non-hydrogen) atoms. The Morgan fingerprint density at radius 1 is 1.32 bits per heavy atom. The summed E-state index contributed by atoms with van der Waals surface area (Å²) in [4.78, 5) is 4.38. The summed E-state index contributed by atoms with van der Waals surface area (Å²) in [7, 11) is 0. The quantitative estimate of drug-likeness (QED) is 0.914. The minimum atomic E-state index is 0.348. The molecule has 1 fully saturated rings. The summed E-state index contributed by atoms with van der Waals surface area (Å²) in [5, 5.41) is 3.49. The summed E-state index contributed by atoms with van der Waals surface area (Å²) in [5.41, 5.74) is 2.70. The molecule has 1 aromatic carbocycles. The van der Waals surface area contributed by atoms with E-state index in [1.165, 1.54) is 24.1 Å². The van der Waals surface area contributed by atoms with Crippen LogP contribution in [0.5, 0.6) is 0 Å². The van der Waals surface area contributed by atoms with Crippen LogP contribution in [0, 0.1) is 0 Å². The van der Waals surface area contributed by atoms with E-state index >= 15 is 0 Å². The van der Waals surface area contributed by atoms with Crippen molar-refractivity contribution in [3.8, 4) is 0 Å². The number of benzene rings is 1. The maximum Gasteiger partial charge on any atom is 0.0953 e. The summed E-state index contributed by atoms with van der Waals surface area (Å²) in [6.45, 7) is 4.48. The van der Waals surface area contributed by atoms with Crippen LogP contribution in [0.3, 0.4) is 0 Å². The predicted octanol–water partition coefficient (Wildman–Crippen LogP) is 2.96. The van der Waals surface area contributed by atoms with Gasteiger partial charge in [0.2, 0.25) is 0 Å². The fourth-order valence-electron chi connectivity index (χ4n) is 2.95. The van der Waals surface area contributed by atoms with Crippen molar-refractivity contribution in [2.24, 2.45) is 0 Å². The molecule has 0 bridgehead atoms. The van der Waals surface area contributed by atoms with Crippen LogP contribution in [0.25, 0.3) is 0 Å². The lowest BCUT2D eigenvalue weighted by atomic mass is 9.96. The Morgan fingerprint density at radius 2 is 2.16 bits per heavy atom. The molecule has 0 spiro atoms. The highest BCUT2D eigenvalue weighted by Gasteiger charge is 2.21. The smallest absolute Gasteiger partial charge is 0.0953 e. The summed E-state index contributed by atoms with van der Waals surface area (Å²) < 4.78 is 2.33. The van der Waals surface area contributed by atoms with Crippen molar-refractivity contribution in [1.29, 1.82) is 0 Å². The molecule has 2 heterocycles. The Kier molecular flexibility index (Phi) is 3.65. The molecule has 100 valence electrons. The van der Waals surface area contributed by atoms with E-state index in [0.29, 0.717) is 12.0 Å². The van der Waals surface area contributed by atoms with Gasteiger partial charge < -0.3 is 9.88 Å². The van der Waals surface area contributed by atoms with Crippen molar-refractivity contribution >= 4 is 0 Å². The van der Waals surface area contributed by atoms with Crippen LogP contribution in [0.1, 0.15) is 43.0 Å². The van der Waals surface area contributed by atoms with Gasteiger partial charge in [-0.05, 0) is 31.9 Å². The molecule has 1 aromatic heterocycles. The first-order valence-electron chi connectivity index (χ1n) is 7.13. The van der Waals surface area contributed by atoms with Crippen LogP contribution in [0.15, 0.2) is 42.9 Å². The molecular weight excluding hydrogens is 234 g/mol. The Hall–Kier alpha value is -1.61. The van der Waals surface area contributed by atoms with E-state index in [-0.39, 0.29) is 0 Å². The van der Waals surface area contributed by atoms with E-state index in [2.05, 4.69) is 52.1 Å². The van der Waals surface area contributed by atoms with Gasteiger partial charge in [0, 0.05) is 24.4 Å². The molecule has 0 radical (unpaired) electrons. The van der Waals surface area contributed by atoms with Crippen molar-refractivity contribution in [3.05, 3.63) is 54.1 Å². The van der Waals surface area contributed by atoms with Gasteiger partial charge in [-0.1, -0.05) is 30.3 Å². The van der Waals surface area contributed by atoms with E-state index in [9.17, 15) is 0 Å². The van der Waals surface area contributed by atoms with Gasteiger partial charge in [-0.2, -0.15) is 0 Å². The van der Waals surface area contributed by atoms with Gasteiger partial charge in [0.1, 0.15) is 0 Å². The van der Waals surface area contributed by atoms with E-state index in [1.807, 2.05) is 12.5 Å². The van der Waals surface area contributed by atoms with Gasteiger partial charge in [-0.15, -0.1) is 0 Å². The predicted molar refractivity (Wildman–Crippen MR) is 77.3 cm³/mol. The monoisotopic (exact) mass is 255 g/mol. The highest BCUT2D eigenvalue weighted by atomic mass is 15.1. The minimum absolute atomic E-state index is 0.348. The molecule has 3 nitrogen and oxygen atoms in total. The zero-order valence-corrected chi connectivity index (χ0v) is 11.4. The topological polar surface area (TPSA) is 29.9 Å². The first-order chi connectivity index (χ1) is 9.36. The molecule has 2 unspecified atom stereocenters. The van der Waals surface area contributed by atoms with Crippen molar-refractivity contribution in [1.82, 2.24) is 14.9 Å². The molecule has 0 amide bonds. The summed E-state index contributed by atoms with van der Waals surface area (Å²) in [6, 6.07) is 11.0. The molecule has 3 heteroatoms. The van der Waals surface area contributed by atoms with Crippen molar-refractivity contribution < 1.29 is 0 Å². The Balaban J connectivity index is 1.87. The Morgan fingerprint density at radius 3 is 2.89 bits per heavy atom. The first-order valence-corrected chi connectivity index (χ1v) is 7.13. The van der Waals surface area contributed by atoms with Crippen LogP contribution in [0.4, 0.5) is 0 Å². The third-order valence-corrected chi connectivity index (χ3v) is 4.11. The van der Waals surface area contributed by atoms with Crippen molar-refractivity contribution in [2.45, 2.75) is 31.7 Å². The lowest BCUT2D eigenvalue weighted by Gasteiger charge is -2.26. The lowest BCUT2D eigenvalue weighted by molar-refractivity contribution is 0.435. The zero-order valence-electron chi connectivity index (χ0n) is 11.4. The van der Waals surface area contributed by atoms with Crippen LogP contribution < -0.4 is 5.32 Å². The van der Waals surface area contributed by atoms with Gasteiger partial charge in [0.25, 0.3) is 0 Å². The van der Waals surface area contributed by atoms with Crippen LogP contribution in [-0.2, 0) is 0 Å². The zero-order chi connectivity index (χ0) is 13.1. The molecule has 1 aliphatic heterocycles. The number of nitrogens with one attached hydrogen (secondary N) is 1. The van der Waals surface area contributed by atoms with Gasteiger partial charge >= 0.3 is 0 Å². The van der Waals surface area contributed by atoms with E-state index < -0.39 is 0 Å². The molecule has 2 atom stereocenters. The molecule has 0 saturated carbocycles. The maximum absolute atomic E-state index is 4.38. The van der Waals surface area contributed by atoms with E-state index in [4.69, 9.17) is 0 Å². The summed E-state index contributed by atoms with van der Waals surface area (Å²) in [6.07, 6.45) is 6.54. The number of piperidine rings is 1. The molecular formula is C16H21N3. The summed E-state index contributed by atoms with van der Waals surface area (Å²) >= 11 is 0. The normalized spacial score (nSPS) is 21.2. The first kappa shape index (κ1) is 12.4. The maximum atomic E-state index is 4.38. The third-order valence-electron chi connectivity index (χ3n) is 4.11. The summed E-state index contributed by atoms with van der Waals surface area (Å²) in [5.74, 6) is 0.599. The second kappa shape index (κ2) is 5.57. The average molecular weight is 255 g/mol. The number of rotatable bonds is 3. The Bertz CT molecular complexity index is 512. The van der Waals surface area contributed by atoms with Crippen LogP contribution in [0.2, 0.25) is 0 Å². The van der Waals surface area contributed by atoms with E-state index in [1.54, 1.807) is 0 Å². The van der Waals surface area contributed by atoms with E-state index in [0.717, 1.165) is 13.1 Å². The number of hydrogen-bond acceptors (Lipinski definition) is 2. The van der Waals surface area contributed by atoms with Gasteiger partial charge in [-0.3, -0.25) is 0 Å².